The van der Waals surface area contributed by atoms with Crippen molar-refractivity contribution < 1.29 is 8.83 Å². The number of rotatable bonds is 3. The molecule has 0 radical (unpaired) electrons. The quantitative estimate of drug-likeness (QED) is 0.453. The van der Waals surface area contributed by atoms with Gasteiger partial charge in [-0.3, -0.25) is 4.40 Å². The lowest BCUT2D eigenvalue weighted by atomic mass is 10.1. The van der Waals surface area contributed by atoms with E-state index in [1.54, 1.807) is 25.1 Å². The van der Waals surface area contributed by atoms with Crippen LogP contribution < -0.4 is 0 Å². The monoisotopic (exact) mass is 362 g/mol. The van der Waals surface area contributed by atoms with E-state index in [1.165, 1.54) is 0 Å². The van der Waals surface area contributed by atoms with Gasteiger partial charge in [-0.1, -0.05) is 23.7 Å². The van der Waals surface area contributed by atoms with Crippen LogP contribution in [0.1, 0.15) is 0 Å². The molecule has 0 aliphatic heterocycles. The van der Waals surface area contributed by atoms with Gasteiger partial charge in [0, 0.05) is 27.9 Å². The van der Waals surface area contributed by atoms with Crippen LogP contribution in [0.15, 0.2) is 76.5 Å². The predicted molar refractivity (Wildman–Crippen MR) is 96.6 cm³/mol. The fraction of sp³-hybridized carbons (Fsp3) is 0. The van der Waals surface area contributed by atoms with Crippen molar-refractivity contribution in [1.82, 2.24) is 19.6 Å². The van der Waals surface area contributed by atoms with Crippen molar-refractivity contribution in [1.29, 1.82) is 0 Å². The molecule has 0 spiro atoms. The van der Waals surface area contributed by atoms with Crippen LogP contribution in [0.3, 0.4) is 0 Å². The fourth-order valence-electron chi connectivity index (χ4n) is 2.89. The van der Waals surface area contributed by atoms with Crippen LogP contribution in [0, 0.1) is 0 Å². The van der Waals surface area contributed by atoms with E-state index >= 15 is 0 Å². The first-order chi connectivity index (χ1) is 12.8. The molecule has 0 unspecified atom stereocenters. The van der Waals surface area contributed by atoms with Gasteiger partial charge in [-0.2, -0.15) is 0 Å². The van der Waals surface area contributed by atoms with Gasteiger partial charge in [0.25, 0.3) is 5.78 Å². The molecule has 4 aromatic heterocycles. The molecule has 0 saturated heterocycles. The zero-order chi connectivity index (χ0) is 17.5. The lowest BCUT2D eigenvalue weighted by Crippen LogP contribution is -2.00. The van der Waals surface area contributed by atoms with Crippen LogP contribution in [0.2, 0.25) is 5.02 Å². The molecule has 0 aliphatic carbocycles. The first-order valence-electron chi connectivity index (χ1n) is 7.86. The molecule has 0 fully saturated rings. The molecule has 0 saturated carbocycles. The molecule has 26 heavy (non-hydrogen) atoms. The Hall–Kier alpha value is -3.38. The van der Waals surface area contributed by atoms with Gasteiger partial charge < -0.3 is 8.83 Å². The maximum absolute atomic E-state index is 5.98. The zero-order valence-electron chi connectivity index (χ0n) is 13.3. The average Bonchev–Trinajstić information content (AvgIpc) is 3.41. The normalized spacial score (nSPS) is 11.3. The Morgan fingerprint density at radius 1 is 0.808 bits per heavy atom. The minimum atomic E-state index is 0.499. The first-order valence-corrected chi connectivity index (χ1v) is 8.24. The van der Waals surface area contributed by atoms with Gasteiger partial charge in [0.15, 0.2) is 0 Å². The van der Waals surface area contributed by atoms with Gasteiger partial charge in [-0.25, -0.2) is 4.98 Å². The summed E-state index contributed by atoms with van der Waals surface area (Å²) < 4.78 is 12.4. The van der Waals surface area contributed by atoms with Gasteiger partial charge >= 0.3 is 0 Å². The van der Waals surface area contributed by atoms with E-state index in [-0.39, 0.29) is 0 Å². The van der Waals surface area contributed by atoms with Crippen molar-refractivity contribution >= 4 is 17.4 Å². The first kappa shape index (κ1) is 14.9. The Labute approximate surface area is 152 Å². The Kier molecular flexibility index (Phi) is 3.36. The van der Waals surface area contributed by atoms with Gasteiger partial charge in [0.05, 0.1) is 36.4 Å². The number of fused-ring (bicyclic) bond motifs is 1. The molecule has 0 N–H and O–H groups in total. The highest BCUT2D eigenvalue weighted by Crippen LogP contribution is 2.32. The summed E-state index contributed by atoms with van der Waals surface area (Å²) in [4.78, 5) is 4.60. The number of hydrogen-bond donors (Lipinski definition) is 0. The van der Waals surface area contributed by atoms with E-state index in [0.717, 1.165) is 28.1 Å². The van der Waals surface area contributed by atoms with Crippen LogP contribution in [-0.4, -0.2) is 19.6 Å². The Bertz CT molecular complexity index is 1180. The molecule has 6 nitrogen and oxygen atoms in total. The minimum Gasteiger partial charge on any atom is -0.472 e. The van der Waals surface area contributed by atoms with Crippen molar-refractivity contribution in [2.45, 2.75) is 0 Å². The molecular formula is C19H11ClN4O2. The summed E-state index contributed by atoms with van der Waals surface area (Å²) in [6.45, 7) is 0. The van der Waals surface area contributed by atoms with Gasteiger partial charge in [0.2, 0.25) is 0 Å². The van der Waals surface area contributed by atoms with Crippen LogP contribution >= 0.6 is 11.6 Å². The summed E-state index contributed by atoms with van der Waals surface area (Å²) in [5, 5.41) is 9.32. The largest absolute Gasteiger partial charge is 0.472 e. The smallest absolute Gasteiger partial charge is 0.254 e. The van der Waals surface area contributed by atoms with Crippen LogP contribution in [-0.2, 0) is 0 Å². The highest BCUT2D eigenvalue weighted by Gasteiger charge is 2.18. The van der Waals surface area contributed by atoms with Crippen LogP contribution in [0.5, 0.6) is 0 Å². The van der Waals surface area contributed by atoms with Gasteiger partial charge in [0.1, 0.15) is 5.69 Å². The van der Waals surface area contributed by atoms with Crippen LogP contribution in [0.25, 0.3) is 39.5 Å². The highest BCUT2D eigenvalue weighted by atomic mass is 35.5. The standard InChI is InChI=1S/C19H11ClN4O2/c20-15-3-1-12(2-4-15)16-9-24-18(14-6-8-26-11-14)17(13-5-7-25-10-13)22-23-19(24)21-16/h1-11H. The summed E-state index contributed by atoms with van der Waals surface area (Å²) in [6.07, 6.45) is 8.46. The minimum absolute atomic E-state index is 0.499. The van der Waals surface area contributed by atoms with Crippen molar-refractivity contribution in [2.75, 3.05) is 0 Å². The van der Waals surface area contributed by atoms with E-state index in [4.69, 9.17) is 20.4 Å². The third-order valence-electron chi connectivity index (χ3n) is 4.12. The third kappa shape index (κ3) is 2.39. The maximum atomic E-state index is 5.98. The summed E-state index contributed by atoms with van der Waals surface area (Å²) in [6, 6.07) is 11.2. The summed E-state index contributed by atoms with van der Waals surface area (Å²) in [5.41, 5.74) is 4.96. The zero-order valence-corrected chi connectivity index (χ0v) is 14.1. The van der Waals surface area contributed by atoms with E-state index in [2.05, 4.69) is 15.2 Å². The molecule has 0 atom stereocenters. The second-order valence-corrected chi connectivity index (χ2v) is 6.16. The second-order valence-electron chi connectivity index (χ2n) is 5.72. The van der Waals surface area contributed by atoms with E-state index < -0.39 is 0 Å². The summed E-state index contributed by atoms with van der Waals surface area (Å²) >= 11 is 5.98. The van der Waals surface area contributed by atoms with Crippen molar-refractivity contribution in [3.63, 3.8) is 0 Å². The second kappa shape index (κ2) is 5.86. The molecule has 5 aromatic rings. The van der Waals surface area contributed by atoms with Gasteiger partial charge in [-0.15, -0.1) is 10.2 Å². The lowest BCUT2D eigenvalue weighted by Gasteiger charge is -2.06. The number of nitrogens with zero attached hydrogens (tertiary/aromatic N) is 4. The molecule has 4 heterocycles. The van der Waals surface area contributed by atoms with E-state index in [0.29, 0.717) is 16.5 Å². The molecule has 5 rings (SSSR count). The third-order valence-corrected chi connectivity index (χ3v) is 4.37. The predicted octanol–water partition coefficient (Wildman–Crippen LogP) is 4.96. The van der Waals surface area contributed by atoms with Crippen molar-refractivity contribution in [3.8, 4) is 33.8 Å². The molecule has 0 amide bonds. The Balaban J connectivity index is 1.78. The van der Waals surface area contributed by atoms with Crippen molar-refractivity contribution in [3.05, 3.63) is 72.7 Å². The number of aromatic nitrogens is 4. The fourth-order valence-corrected chi connectivity index (χ4v) is 3.02. The lowest BCUT2D eigenvalue weighted by molar-refractivity contribution is 0.567. The number of halogens is 1. The summed E-state index contributed by atoms with van der Waals surface area (Å²) in [5.74, 6) is 0.499. The highest BCUT2D eigenvalue weighted by molar-refractivity contribution is 6.30. The molecule has 1 aromatic carbocycles. The number of imidazole rings is 1. The molecule has 126 valence electrons. The molecule has 7 heteroatoms. The number of benzene rings is 1. The summed E-state index contributed by atoms with van der Waals surface area (Å²) in [7, 11) is 0. The molecule has 0 aliphatic rings. The van der Waals surface area contributed by atoms with Gasteiger partial charge in [-0.05, 0) is 24.3 Å². The topological polar surface area (TPSA) is 69.4 Å². The molecule has 0 bridgehead atoms. The SMILES string of the molecule is Clc1ccc(-c2cn3c(-c4ccoc4)c(-c4ccoc4)nnc3n2)cc1. The van der Waals surface area contributed by atoms with Crippen LogP contribution in [0.4, 0.5) is 0 Å². The number of hydrogen-bond acceptors (Lipinski definition) is 5. The maximum Gasteiger partial charge on any atom is 0.254 e. The van der Waals surface area contributed by atoms with Crippen molar-refractivity contribution in [2.24, 2.45) is 0 Å². The molecular weight excluding hydrogens is 352 g/mol. The van der Waals surface area contributed by atoms with E-state index in [1.807, 2.05) is 47.0 Å². The Morgan fingerprint density at radius 2 is 1.54 bits per heavy atom. The van der Waals surface area contributed by atoms with E-state index in [9.17, 15) is 0 Å². The number of furan rings is 2. The average molecular weight is 363 g/mol. The Morgan fingerprint density at radius 3 is 2.23 bits per heavy atom.